The van der Waals surface area contributed by atoms with Gasteiger partial charge in [0.2, 0.25) is 11.8 Å². The van der Waals surface area contributed by atoms with E-state index in [1.807, 2.05) is 0 Å². The molecule has 1 atom stereocenters. The van der Waals surface area contributed by atoms with Crippen molar-refractivity contribution in [2.45, 2.75) is 16.6 Å². The van der Waals surface area contributed by atoms with Crippen LogP contribution in [0.1, 0.15) is 6.42 Å². The molecule has 0 saturated carbocycles. The van der Waals surface area contributed by atoms with Crippen molar-refractivity contribution >= 4 is 52.2 Å². The average Bonchev–Trinajstić information content (AvgIpc) is 2.56. The molecule has 2 N–H and O–H groups in total. The molecule has 3 rings (SSSR count). The van der Waals surface area contributed by atoms with E-state index in [0.29, 0.717) is 16.4 Å². The Kier molecular flexibility index (Phi) is 4.91. The summed E-state index contributed by atoms with van der Waals surface area (Å²) in [6, 6.07) is 10.7. The van der Waals surface area contributed by atoms with E-state index in [-0.39, 0.29) is 23.9 Å². The highest BCUT2D eigenvalue weighted by molar-refractivity contribution is 8.01. The number of carbonyl (C=O) groups is 2. The molecule has 9 heteroatoms. The number of non-ortho nitro benzene ring substituents is 1. The van der Waals surface area contributed by atoms with Crippen LogP contribution < -0.4 is 10.6 Å². The predicted octanol–water partition coefficient (Wildman–Crippen LogP) is 3.69. The molecule has 1 aliphatic rings. The quantitative estimate of drug-likeness (QED) is 0.625. The Balaban J connectivity index is 1.64. The van der Waals surface area contributed by atoms with E-state index in [0.717, 1.165) is 4.90 Å². The van der Waals surface area contributed by atoms with Gasteiger partial charge in [-0.3, -0.25) is 19.7 Å². The van der Waals surface area contributed by atoms with Crippen molar-refractivity contribution in [3.63, 3.8) is 0 Å². The summed E-state index contributed by atoms with van der Waals surface area (Å²) in [6.45, 7) is 0. The third-order valence-corrected chi connectivity index (χ3v) is 5.00. The number of thioether (sulfide) groups is 1. The van der Waals surface area contributed by atoms with Crippen molar-refractivity contribution in [2.75, 3.05) is 10.6 Å². The molecule has 0 saturated heterocycles. The number of halogens is 1. The maximum Gasteiger partial charge on any atom is 0.269 e. The Morgan fingerprint density at radius 3 is 2.68 bits per heavy atom. The first kappa shape index (κ1) is 17.2. The lowest BCUT2D eigenvalue weighted by Crippen LogP contribution is -2.32. The Bertz CT molecular complexity index is 857. The van der Waals surface area contributed by atoms with Crippen LogP contribution in [0.5, 0.6) is 0 Å². The van der Waals surface area contributed by atoms with Gasteiger partial charge < -0.3 is 10.6 Å². The molecule has 0 radical (unpaired) electrons. The lowest BCUT2D eigenvalue weighted by molar-refractivity contribution is -0.384. The highest BCUT2D eigenvalue weighted by Crippen LogP contribution is 2.38. The normalized spacial score (nSPS) is 15.9. The van der Waals surface area contributed by atoms with Gasteiger partial charge >= 0.3 is 0 Å². The van der Waals surface area contributed by atoms with E-state index < -0.39 is 10.2 Å². The molecule has 2 aromatic rings. The molecule has 0 unspecified atom stereocenters. The standard InChI is InChI=1S/C16H12ClN3O4S/c17-9-1-6-13-12(7-9)19-16(22)14(25-13)8-15(21)18-10-2-4-11(5-3-10)20(23)24/h1-7,14H,8H2,(H,18,21)(H,19,22)/t14-/m1/s1. The fraction of sp³-hybridized carbons (Fsp3) is 0.125. The fourth-order valence-corrected chi connectivity index (χ4v) is 3.57. The topological polar surface area (TPSA) is 101 Å². The number of hydrogen-bond acceptors (Lipinski definition) is 5. The molecule has 1 heterocycles. The zero-order valence-corrected chi connectivity index (χ0v) is 14.3. The number of nitrogens with one attached hydrogen (secondary N) is 2. The number of fused-ring (bicyclic) bond motifs is 1. The monoisotopic (exact) mass is 377 g/mol. The van der Waals surface area contributed by atoms with Gasteiger partial charge in [0.25, 0.3) is 5.69 Å². The van der Waals surface area contributed by atoms with Crippen LogP contribution in [0.4, 0.5) is 17.1 Å². The summed E-state index contributed by atoms with van der Waals surface area (Å²) < 4.78 is 0. The van der Waals surface area contributed by atoms with Crippen molar-refractivity contribution in [3.8, 4) is 0 Å². The van der Waals surface area contributed by atoms with E-state index in [1.165, 1.54) is 36.0 Å². The van der Waals surface area contributed by atoms with Crippen molar-refractivity contribution < 1.29 is 14.5 Å². The van der Waals surface area contributed by atoms with Gasteiger partial charge in [-0.15, -0.1) is 11.8 Å². The highest BCUT2D eigenvalue weighted by atomic mass is 35.5. The lowest BCUT2D eigenvalue weighted by atomic mass is 10.2. The number of amides is 2. The number of carbonyl (C=O) groups excluding carboxylic acids is 2. The Hall–Kier alpha value is -2.58. The minimum atomic E-state index is -0.563. The summed E-state index contributed by atoms with van der Waals surface area (Å²) >= 11 is 7.20. The smallest absolute Gasteiger partial charge is 0.269 e. The summed E-state index contributed by atoms with van der Waals surface area (Å²) in [5.74, 6) is -0.613. The predicted molar refractivity (Wildman–Crippen MR) is 96.1 cm³/mol. The first-order valence-corrected chi connectivity index (χ1v) is 8.49. The van der Waals surface area contributed by atoms with Gasteiger partial charge in [-0.25, -0.2) is 0 Å². The van der Waals surface area contributed by atoms with Gasteiger partial charge in [-0.2, -0.15) is 0 Å². The maximum absolute atomic E-state index is 12.2. The minimum absolute atomic E-state index is 0.0183. The largest absolute Gasteiger partial charge is 0.326 e. The molecule has 128 valence electrons. The molecule has 2 aromatic carbocycles. The molecule has 0 fully saturated rings. The summed E-state index contributed by atoms with van der Waals surface area (Å²) in [7, 11) is 0. The molecular formula is C16H12ClN3O4S. The van der Waals surface area contributed by atoms with Crippen LogP contribution in [-0.4, -0.2) is 22.0 Å². The van der Waals surface area contributed by atoms with Crippen LogP contribution in [0.25, 0.3) is 0 Å². The second kappa shape index (κ2) is 7.12. The second-order valence-corrected chi connectivity index (χ2v) is 6.97. The van der Waals surface area contributed by atoms with Crippen molar-refractivity contribution in [3.05, 3.63) is 57.6 Å². The second-order valence-electron chi connectivity index (χ2n) is 5.29. The van der Waals surface area contributed by atoms with Gasteiger partial charge in [0.15, 0.2) is 0 Å². The molecule has 1 aliphatic heterocycles. The van der Waals surface area contributed by atoms with Crippen LogP contribution in [0, 0.1) is 10.1 Å². The number of nitrogens with zero attached hydrogens (tertiary/aromatic N) is 1. The van der Waals surface area contributed by atoms with Gasteiger partial charge in [-0.1, -0.05) is 11.6 Å². The summed E-state index contributed by atoms with van der Waals surface area (Å²) in [4.78, 5) is 35.2. The number of rotatable bonds is 4. The van der Waals surface area contributed by atoms with Gasteiger partial charge in [-0.05, 0) is 30.3 Å². The van der Waals surface area contributed by atoms with Crippen LogP contribution in [-0.2, 0) is 9.59 Å². The number of hydrogen-bond donors (Lipinski definition) is 2. The summed E-state index contributed by atoms with van der Waals surface area (Å²) in [5, 5.41) is 16.0. The van der Waals surface area contributed by atoms with Gasteiger partial charge in [0.05, 0.1) is 15.9 Å². The molecule has 0 aromatic heterocycles. The van der Waals surface area contributed by atoms with Crippen LogP contribution in [0.15, 0.2) is 47.4 Å². The Morgan fingerprint density at radius 2 is 2.00 bits per heavy atom. The van der Waals surface area contributed by atoms with Gasteiger partial charge in [0, 0.05) is 34.2 Å². The van der Waals surface area contributed by atoms with Crippen molar-refractivity contribution in [1.29, 1.82) is 0 Å². The van der Waals surface area contributed by atoms with E-state index in [4.69, 9.17) is 11.6 Å². The van der Waals surface area contributed by atoms with Crippen molar-refractivity contribution in [1.82, 2.24) is 0 Å². The first-order chi connectivity index (χ1) is 11.9. The van der Waals surface area contributed by atoms with E-state index in [9.17, 15) is 19.7 Å². The molecule has 25 heavy (non-hydrogen) atoms. The highest BCUT2D eigenvalue weighted by Gasteiger charge is 2.29. The molecule has 2 amide bonds. The zero-order valence-electron chi connectivity index (χ0n) is 12.7. The summed E-state index contributed by atoms with van der Waals surface area (Å²) in [5.41, 5.74) is 1.01. The minimum Gasteiger partial charge on any atom is -0.326 e. The summed E-state index contributed by atoms with van der Waals surface area (Å²) in [6.07, 6.45) is -0.0183. The number of nitro groups is 1. The van der Waals surface area contributed by atoms with E-state index in [1.54, 1.807) is 18.2 Å². The molecule has 0 aliphatic carbocycles. The molecular weight excluding hydrogens is 366 g/mol. The zero-order chi connectivity index (χ0) is 18.0. The van der Waals surface area contributed by atoms with Crippen LogP contribution in [0.3, 0.4) is 0 Å². The molecule has 0 spiro atoms. The van der Waals surface area contributed by atoms with Crippen LogP contribution in [0.2, 0.25) is 5.02 Å². The Labute approximate surface area is 151 Å². The lowest BCUT2D eigenvalue weighted by Gasteiger charge is -2.23. The third-order valence-electron chi connectivity index (χ3n) is 3.49. The van der Waals surface area contributed by atoms with E-state index >= 15 is 0 Å². The number of nitro benzene ring substituents is 1. The number of anilines is 2. The Morgan fingerprint density at radius 1 is 1.28 bits per heavy atom. The van der Waals surface area contributed by atoms with Crippen LogP contribution >= 0.6 is 23.4 Å². The third kappa shape index (κ3) is 4.09. The van der Waals surface area contributed by atoms with Crippen molar-refractivity contribution in [2.24, 2.45) is 0 Å². The average molecular weight is 378 g/mol. The van der Waals surface area contributed by atoms with E-state index in [2.05, 4.69) is 10.6 Å². The fourth-order valence-electron chi connectivity index (χ4n) is 2.30. The first-order valence-electron chi connectivity index (χ1n) is 7.24. The maximum atomic E-state index is 12.2. The molecule has 0 bridgehead atoms. The molecule has 7 nitrogen and oxygen atoms in total. The van der Waals surface area contributed by atoms with Gasteiger partial charge in [0.1, 0.15) is 0 Å². The number of benzene rings is 2. The SMILES string of the molecule is O=C(C[C@H]1Sc2ccc(Cl)cc2NC1=O)Nc1ccc([N+](=O)[O-])cc1.